The van der Waals surface area contributed by atoms with Gasteiger partial charge in [0.05, 0.1) is 12.2 Å². The van der Waals surface area contributed by atoms with Gasteiger partial charge in [0.2, 0.25) is 5.91 Å². The Morgan fingerprint density at radius 3 is 1.94 bits per heavy atom. The van der Waals surface area contributed by atoms with E-state index in [-0.39, 0.29) is 11.6 Å². The zero-order valence-corrected chi connectivity index (χ0v) is 30.7. The fraction of sp³-hybridized carbons (Fsp3) is 0.163. The van der Waals surface area contributed by atoms with E-state index in [0.29, 0.717) is 29.1 Å². The highest BCUT2D eigenvalue weighted by molar-refractivity contribution is 8.00. The van der Waals surface area contributed by atoms with Crippen LogP contribution in [0.5, 0.6) is 0 Å². The Bertz CT molecular complexity index is 2020. The maximum atomic E-state index is 13.7. The van der Waals surface area contributed by atoms with E-state index in [9.17, 15) is 19.2 Å². The predicted molar refractivity (Wildman–Crippen MR) is 213 cm³/mol. The molecule has 0 aliphatic heterocycles. The van der Waals surface area contributed by atoms with Crippen molar-refractivity contribution in [3.8, 4) is 0 Å². The summed E-state index contributed by atoms with van der Waals surface area (Å²) in [4.78, 5) is 55.4. The van der Waals surface area contributed by atoms with Gasteiger partial charge in [0.1, 0.15) is 10.9 Å². The molecule has 3 N–H and O–H groups in total. The van der Waals surface area contributed by atoms with Crippen LogP contribution in [0.2, 0.25) is 0 Å². The summed E-state index contributed by atoms with van der Waals surface area (Å²) in [6, 6.07) is 39.6. The Labute approximate surface area is 314 Å². The lowest BCUT2D eigenvalue weighted by molar-refractivity contribution is -0.116. The highest BCUT2D eigenvalue weighted by Crippen LogP contribution is 2.37. The van der Waals surface area contributed by atoms with Gasteiger partial charge in [-0.3, -0.25) is 14.4 Å². The SMILES string of the molecule is CCCCOC(=O)c1ccc(NC(=O)C(Sc2ccc(NC(=O)/C(=C/c3ccc(N(C)C)cc3)NC(=O)c3ccccc3)cc2)c2ccccc2)cc1. The number of anilines is 3. The van der Waals surface area contributed by atoms with Crippen LogP contribution in [0.3, 0.4) is 0 Å². The minimum atomic E-state index is -0.600. The first kappa shape index (κ1) is 38.1. The van der Waals surface area contributed by atoms with Crippen LogP contribution in [-0.4, -0.2) is 44.4 Å². The van der Waals surface area contributed by atoms with Crippen LogP contribution in [0.15, 0.2) is 144 Å². The molecule has 1 atom stereocenters. The average Bonchev–Trinajstić information content (AvgIpc) is 3.18. The molecule has 0 aliphatic rings. The third kappa shape index (κ3) is 11.2. The van der Waals surface area contributed by atoms with Crippen molar-refractivity contribution in [3.63, 3.8) is 0 Å². The van der Waals surface area contributed by atoms with Crippen LogP contribution in [-0.2, 0) is 14.3 Å². The molecule has 5 rings (SSSR count). The molecular formula is C43H42N4O5S. The van der Waals surface area contributed by atoms with E-state index >= 15 is 0 Å². The van der Waals surface area contributed by atoms with Crippen LogP contribution >= 0.6 is 11.8 Å². The lowest BCUT2D eigenvalue weighted by atomic mass is 10.1. The maximum Gasteiger partial charge on any atom is 0.338 e. The number of ether oxygens (including phenoxy) is 1. The number of hydrogen-bond donors (Lipinski definition) is 3. The second-order valence-electron chi connectivity index (χ2n) is 12.3. The molecule has 53 heavy (non-hydrogen) atoms. The van der Waals surface area contributed by atoms with Crippen molar-refractivity contribution < 1.29 is 23.9 Å². The Morgan fingerprint density at radius 2 is 1.32 bits per heavy atom. The summed E-state index contributed by atoms with van der Waals surface area (Å²) in [5.74, 6) is -1.53. The number of esters is 1. The minimum absolute atomic E-state index is 0.0807. The van der Waals surface area contributed by atoms with E-state index in [1.54, 1.807) is 66.7 Å². The van der Waals surface area contributed by atoms with Gasteiger partial charge in [0.25, 0.3) is 11.8 Å². The van der Waals surface area contributed by atoms with Gasteiger partial charge in [-0.1, -0.05) is 74.0 Å². The van der Waals surface area contributed by atoms with Crippen molar-refractivity contribution in [2.75, 3.05) is 36.2 Å². The van der Waals surface area contributed by atoms with Crippen molar-refractivity contribution in [3.05, 3.63) is 161 Å². The molecule has 0 fully saturated rings. The number of benzene rings is 5. The van der Waals surface area contributed by atoms with Crippen molar-refractivity contribution in [1.29, 1.82) is 0 Å². The second-order valence-corrected chi connectivity index (χ2v) is 13.5. The summed E-state index contributed by atoms with van der Waals surface area (Å²) in [6.07, 6.45) is 3.37. The Morgan fingerprint density at radius 1 is 0.717 bits per heavy atom. The highest BCUT2D eigenvalue weighted by Gasteiger charge is 2.23. The van der Waals surface area contributed by atoms with Gasteiger partial charge in [0.15, 0.2) is 0 Å². The molecule has 0 heterocycles. The van der Waals surface area contributed by atoms with Gasteiger partial charge in [-0.15, -0.1) is 11.8 Å². The van der Waals surface area contributed by atoms with Gasteiger partial charge in [0, 0.05) is 41.6 Å². The zero-order valence-electron chi connectivity index (χ0n) is 29.9. The molecule has 0 saturated carbocycles. The normalized spacial score (nSPS) is 11.6. The second kappa shape index (κ2) is 18.9. The average molecular weight is 727 g/mol. The number of carbonyl (C=O) groups excluding carboxylic acids is 4. The molecule has 5 aromatic rings. The summed E-state index contributed by atoms with van der Waals surface area (Å²) >= 11 is 1.36. The summed E-state index contributed by atoms with van der Waals surface area (Å²) in [5.41, 5.74) is 4.54. The van der Waals surface area contributed by atoms with E-state index in [2.05, 4.69) is 16.0 Å². The molecule has 0 aromatic heterocycles. The van der Waals surface area contributed by atoms with Crippen molar-refractivity contribution in [2.45, 2.75) is 29.9 Å². The smallest absolute Gasteiger partial charge is 0.338 e. The summed E-state index contributed by atoms with van der Waals surface area (Å²) in [7, 11) is 3.89. The molecule has 0 radical (unpaired) electrons. The van der Waals surface area contributed by atoms with Crippen molar-refractivity contribution >= 4 is 58.6 Å². The molecule has 9 nitrogen and oxygen atoms in total. The number of nitrogens with one attached hydrogen (secondary N) is 3. The van der Waals surface area contributed by atoms with Crippen LogP contribution in [0.25, 0.3) is 6.08 Å². The van der Waals surface area contributed by atoms with Gasteiger partial charge in [-0.2, -0.15) is 0 Å². The third-order valence-corrected chi connectivity index (χ3v) is 9.34. The predicted octanol–water partition coefficient (Wildman–Crippen LogP) is 8.59. The fourth-order valence-corrected chi connectivity index (χ4v) is 6.14. The van der Waals surface area contributed by atoms with Crippen molar-refractivity contribution in [2.24, 2.45) is 0 Å². The van der Waals surface area contributed by atoms with E-state index < -0.39 is 23.0 Å². The molecule has 0 spiro atoms. The highest BCUT2D eigenvalue weighted by atomic mass is 32.2. The van der Waals surface area contributed by atoms with Crippen LogP contribution in [0.4, 0.5) is 17.1 Å². The van der Waals surface area contributed by atoms with Crippen LogP contribution < -0.4 is 20.9 Å². The first-order valence-corrected chi connectivity index (χ1v) is 18.1. The maximum absolute atomic E-state index is 13.7. The number of hydrogen-bond acceptors (Lipinski definition) is 7. The molecule has 0 saturated heterocycles. The quantitative estimate of drug-likeness (QED) is 0.0428. The first-order valence-electron chi connectivity index (χ1n) is 17.3. The molecule has 0 aliphatic carbocycles. The number of nitrogens with zero attached hydrogens (tertiary/aromatic N) is 1. The standard InChI is InChI=1S/C43H42N4O5S/c1-4-5-28-52-43(51)33-18-20-34(21-19-33)45-42(50)39(31-12-8-6-9-13-31)53-37-26-22-35(23-27-37)44-41(49)38(46-40(48)32-14-10-7-11-15-32)29-30-16-24-36(25-17-30)47(2)3/h6-27,29,39H,4-5,28H2,1-3H3,(H,44,49)(H,45,50)(H,46,48)/b38-29-. The Balaban J connectivity index is 1.29. The molecular weight excluding hydrogens is 685 g/mol. The monoisotopic (exact) mass is 726 g/mol. The first-order chi connectivity index (χ1) is 25.7. The molecule has 270 valence electrons. The topological polar surface area (TPSA) is 117 Å². The van der Waals surface area contributed by atoms with E-state index in [1.165, 1.54) is 11.8 Å². The van der Waals surface area contributed by atoms with Crippen LogP contribution in [0, 0.1) is 0 Å². The van der Waals surface area contributed by atoms with Gasteiger partial charge >= 0.3 is 5.97 Å². The van der Waals surface area contributed by atoms with Gasteiger partial charge in [-0.05, 0) is 96.4 Å². The number of amides is 3. The molecule has 0 bridgehead atoms. The molecule has 10 heteroatoms. The molecule has 1 unspecified atom stereocenters. The number of unbranched alkanes of at least 4 members (excludes halogenated alkanes) is 1. The fourth-order valence-electron chi connectivity index (χ4n) is 5.12. The van der Waals surface area contributed by atoms with Gasteiger partial charge < -0.3 is 25.6 Å². The Hall–Kier alpha value is -6.13. The summed E-state index contributed by atoms with van der Waals surface area (Å²) in [6.45, 7) is 2.40. The summed E-state index contributed by atoms with van der Waals surface area (Å²) < 4.78 is 5.29. The third-order valence-electron chi connectivity index (χ3n) is 8.08. The van der Waals surface area contributed by atoms with E-state index in [1.807, 2.05) is 98.7 Å². The van der Waals surface area contributed by atoms with E-state index in [4.69, 9.17) is 4.74 Å². The number of rotatable bonds is 15. The zero-order chi connectivity index (χ0) is 37.6. The van der Waals surface area contributed by atoms with Crippen LogP contribution in [0.1, 0.15) is 56.9 Å². The van der Waals surface area contributed by atoms with E-state index in [0.717, 1.165) is 34.6 Å². The number of thioether (sulfide) groups is 1. The lowest BCUT2D eigenvalue weighted by Crippen LogP contribution is -2.30. The molecule has 3 amide bonds. The Kier molecular flexibility index (Phi) is 13.6. The summed E-state index contributed by atoms with van der Waals surface area (Å²) in [5, 5.41) is 8.04. The van der Waals surface area contributed by atoms with Crippen molar-refractivity contribution in [1.82, 2.24) is 5.32 Å². The van der Waals surface area contributed by atoms with Gasteiger partial charge in [-0.25, -0.2) is 4.79 Å². The number of carbonyl (C=O) groups is 4. The molecule has 5 aromatic carbocycles. The lowest BCUT2D eigenvalue weighted by Gasteiger charge is -2.18. The largest absolute Gasteiger partial charge is 0.462 e. The minimum Gasteiger partial charge on any atom is -0.462 e.